The van der Waals surface area contributed by atoms with Crippen molar-refractivity contribution in [2.45, 2.75) is 13.8 Å². The molecule has 5 heteroatoms. The molecule has 0 atom stereocenters. The fourth-order valence-corrected chi connectivity index (χ4v) is 1.33. The van der Waals surface area contributed by atoms with Gasteiger partial charge in [-0.05, 0) is 26.0 Å². The summed E-state index contributed by atoms with van der Waals surface area (Å²) in [7, 11) is 1.56. The standard InChI is InChI=1S/C12H18N2O3/c1-4-16-9-6-7-11(17-5-2)10(8-9)14-12(15)13-3/h6-8H,4-5H2,1-3H3,(H2,13,14,15). The van der Waals surface area contributed by atoms with Gasteiger partial charge in [0.05, 0.1) is 18.9 Å². The zero-order chi connectivity index (χ0) is 12.7. The van der Waals surface area contributed by atoms with E-state index < -0.39 is 0 Å². The Balaban J connectivity index is 2.93. The molecule has 0 aromatic heterocycles. The van der Waals surface area contributed by atoms with Crippen molar-refractivity contribution in [3.63, 3.8) is 0 Å². The van der Waals surface area contributed by atoms with Gasteiger partial charge in [-0.3, -0.25) is 0 Å². The molecule has 0 heterocycles. The van der Waals surface area contributed by atoms with Gasteiger partial charge in [0.2, 0.25) is 0 Å². The fraction of sp³-hybridized carbons (Fsp3) is 0.417. The predicted molar refractivity (Wildman–Crippen MR) is 66.9 cm³/mol. The van der Waals surface area contributed by atoms with Crippen LogP contribution in [0.1, 0.15) is 13.8 Å². The molecule has 94 valence electrons. The third-order valence-corrected chi connectivity index (χ3v) is 2.04. The molecule has 1 aromatic carbocycles. The van der Waals surface area contributed by atoms with Crippen LogP contribution in [0, 0.1) is 0 Å². The summed E-state index contributed by atoms with van der Waals surface area (Å²) >= 11 is 0. The van der Waals surface area contributed by atoms with Crippen LogP contribution in [0.5, 0.6) is 11.5 Å². The van der Waals surface area contributed by atoms with Crippen molar-refractivity contribution in [3.05, 3.63) is 18.2 Å². The second-order valence-electron chi connectivity index (χ2n) is 3.23. The number of carbonyl (C=O) groups excluding carboxylic acids is 1. The molecule has 0 saturated heterocycles. The maximum atomic E-state index is 11.3. The van der Waals surface area contributed by atoms with Gasteiger partial charge in [0, 0.05) is 13.1 Å². The summed E-state index contributed by atoms with van der Waals surface area (Å²) in [5, 5.41) is 5.18. The topological polar surface area (TPSA) is 59.6 Å². The Kier molecular flexibility index (Phi) is 5.13. The Morgan fingerprint density at radius 3 is 2.53 bits per heavy atom. The number of anilines is 1. The van der Waals surface area contributed by atoms with Crippen LogP contribution >= 0.6 is 0 Å². The van der Waals surface area contributed by atoms with Crippen molar-refractivity contribution < 1.29 is 14.3 Å². The van der Waals surface area contributed by atoms with E-state index in [-0.39, 0.29) is 6.03 Å². The van der Waals surface area contributed by atoms with E-state index in [1.165, 1.54) is 0 Å². The van der Waals surface area contributed by atoms with E-state index in [0.29, 0.717) is 30.4 Å². The fourth-order valence-electron chi connectivity index (χ4n) is 1.33. The van der Waals surface area contributed by atoms with Gasteiger partial charge < -0.3 is 20.1 Å². The SMILES string of the molecule is CCOc1ccc(OCC)c(NC(=O)NC)c1. The van der Waals surface area contributed by atoms with Gasteiger partial charge >= 0.3 is 6.03 Å². The lowest BCUT2D eigenvalue weighted by Crippen LogP contribution is -2.24. The third-order valence-electron chi connectivity index (χ3n) is 2.04. The van der Waals surface area contributed by atoms with Crippen LogP contribution in [-0.4, -0.2) is 26.3 Å². The predicted octanol–water partition coefficient (Wildman–Crippen LogP) is 2.24. The Morgan fingerprint density at radius 2 is 1.94 bits per heavy atom. The monoisotopic (exact) mass is 238 g/mol. The molecule has 1 rings (SSSR count). The summed E-state index contributed by atoms with van der Waals surface area (Å²) in [5.74, 6) is 1.32. The van der Waals surface area contributed by atoms with Gasteiger partial charge in [-0.25, -0.2) is 4.79 Å². The Labute approximate surface area is 101 Å². The van der Waals surface area contributed by atoms with Crippen molar-refractivity contribution >= 4 is 11.7 Å². The van der Waals surface area contributed by atoms with Crippen LogP contribution in [0.3, 0.4) is 0 Å². The quantitative estimate of drug-likeness (QED) is 0.827. The van der Waals surface area contributed by atoms with Crippen LogP contribution in [-0.2, 0) is 0 Å². The number of carbonyl (C=O) groups is 1. The van der Waals surface area contributed by atoms with E-state index in [4.69, 9.17) is 9.47 Å². The Bertz CT molecular complexity index is 380. The van der Waals surface area contributed by atoms with Crippen molar-refractivity contribution in [2.24, 2.45) is 0 Å². The molecule has 0 spiro atoms. The smallest absolute Gasteiger partial charge is 0.319 e. The number of rotatable bonds is 5. The number of amides is 2. The average molecular weight is 238 g/mol. The van der Waals surface area contributed by atoms with E-state index in [1.807, 2.05) is 19.9 Å². The molecule has 5 nitrogen and oxygen atoms in total. The van der Waals surface area contributed by atoms with E-state index in [2.05, 4.69) is 10.6 Å². The highest BCUT2D eigenvalue weighted by Crippen LogP contribution is 2.29. The number of nitrogens with one attached hydrogen (secondary N) is 2. The molecular weight excluding hydrogens is 220 g/mol. The van der Waals surface area contributed by atoms with Gasteiger partial charge in [-0.1, -0.05) is 0 Å². The van der Waals surface area contributed by atoms with Crippen LogP contribution < -0.4 is 20.1 Å². The van der Waals surface area contributed by atoms with E-state index in [9.17, 15) is 4.79 Å². The minimum atomic E-state index is -0.292. The first kappa shape index (κ1) is 13.2. The normalized spacial score (nSPS) is 9.59. The molecule has 0 unspecified atom stereocenters. The van der Waals surface area contributed by atoms with Gasteiger partial charge in [-0.15, -0.1) is 0 Å². The lowest BCUT2D eigenvalue weighted by Gasteiger charge is -2.13. The molecule has 0 aliphatic carbocycles. The van der Waals surface area contributed by atoms with Crippen molar-refractivity contribution in [1.82, 2.24) is 5.32 Å². The summed E-state index contributed by atoms with van der Waals surface area (Å²) in [6, 6.07) is 5.03. The number of benzene rings is 1. The summed E-state index contributed by atoms with van der Waals surface area (Å²) in [6.07, 6.45) is 0. The van der Waals surface area contributed by atoms with Crippen molar-refractivity contribution in [3.8, 4) is 11.5 Å². The first-order valence-corrected chi connectivity index (χ1v) is 5.59. The largest absolute Gasteiger partial charge is 0.494 e. The number of ether oxygens (including phenoxy) is 2. The van der Waals surface area contributed by atoms with E-state index >= 15 is 0 Å². The lowest BCUT2D eigenvalue weighted by atomic mass is 10.2. The highest BCUT2D eigenvalue weighted by atomic mass is 16.5. The molecule has 0 saturated carbocycles. The molecule has 2 N–H and O–H groups in total. The third kappa shape index (κ3) is 3.86. The Morgan fingerprint density at radius 1 is 1.24 bits per heavy atom. The van der Waals surface area contributed by atoms with Gasteiger partial charge in [0.15, 0.2) is 0 Å². The second-order valence-corrected chi connectivity index (χ2v) is 3.23. The van der Waals surface area contributed by atoms with Crippen molar-refractivity contribution in [2.75, 3.05) is 25.6 Å². The lowest BCUT2D eigenvalue weighted by molar-refractivity contribution is 0.253. The van der Waals surface area contributed by atoms with Crippen LogP contribution in [0.2, 0.25) is 0 Å². The Hall–Kier alpha value is -1.91. The first-order valence-electron chi connectivity index (χ1n) is 5.59. The highest BCUT2D eigenvalue weighted by Gasteiger charge is 2.08. The maximum absolute atomic E-state index is 11.3. The van der Waals surface area contributed by atoms with Crippen LogP contribution in [0.15, 0.2) is 18.2 Å². The molecule has 0 bridgehead atoms. The van der Waals surface area contributed by atoms with Crippen LogP contribution in [0.25, 0.3) is 0 Å². The zero-order valence-corrected chi connectivity index (χ0v) is 10.4. The molecule has 0 radical (unpaired) electrons. The molecule has 0 fully saturated rings. The summed E-state index contributed by atoms with van der Waals surface area (Å²) in [5.41, 5.74) is 0.595. The summed E-state index contributed by atoms with van der Waals surface area (Å²) in [6.45, 7) is 4.91. The van der Waals surface area contributed by atoms with E-state index in [1.54, 1.807) is 19.2 Å². The zero-order valence-electron chi connectivity index (χ0n) is 10.4. The summed E-state index contributed by atoms with van der Waals surface area (Å²) < 4.78 is 10.8. The average Bonchev–Trinajstić information content (AvgIpc) is 2.33. The molecule has 0 aliphatic heterocycles. The molecular formula is C12H18N2O3. The molecule has 1 aromatic rings. The summed E-state index contributed by atoms with van der Waals surface area (Å²) in [4.78, 5) is 11.3. The number of urea groups is 1. The number of hydrogen-bond acceptors (Lipinski definition) is 3. The van der Waals surface area contributed by atoms with E-state index in [0.717, 1.165) is 0 Å². The first-order chi connectivity index (χ1) is 8.21. The van der Waals surface area contributed by atoms with Gasteiger partial charge in [0.1, 0.15) is 11.5 Å². The molecule has 17 heavy (non-hydrogen) atoms. The number of hydrogen-bond donors (Lipinski definition) is 2. The van der Waals surface area contributed by atoms with Gasteiger partial charge in [0.25, 0.3) is 0 Å². The van der Waals surface area contributed by atoms with Crippen LogP contribution in [0.4, 0.5) is 10.5 Å². The minimum absolute atomic E-state index is 0.292. The van der Waals surface area contributed by atoms with Crippen molar-refractivity contribution in [1.29, 1.82) is 0 Å². The van der Waals surface area contributed by atoms with Gasteiger partial charge in [-0.2, -0.15) is 0 Å². The molecule has 0 aliphatic rings. The maximum Gasteiger partial charge on any atom is 0.319 e. The highest BCUT2D eigenvalue weighted by molar-refractivity contribution is 5.91. The second kappa shape index (κ2) is 6.62. The molecule has 2 amide bonds. The minimum Gasteiger partial charge on any atom is -0.494 e.